The highest BCUT2D eigenvalue weighted by molar-refractivity contribution is 6.34. The maximum Gasteiger partial charge on any atom is 0.573 e. The van der Waals surface area contributed by atoms with Crippen molar-refractivity contribution in [2.24, 2.45) is 17.3 Å². The first-order valence-corrected chi connectivity index (χ1v) is 20.9. The van der Waals surface area contributed by atoms with Gasteiger partial charge in [-0.05, 0) is 48.9 Å². The third-order valence-electron chi connectivity index (χ3n) is 11.1. The largest absolute Gasteiger partial charge is 0.573 e. The van der Waals surface area contributed by atoms with Crippen LogP contribution in [0.25, 0.3) is 22.4 Å². The smallest absolute Gasteiger partial charge is 0.453 e. The molecule has 4 atom stereocenters. The number of benzene rings is 2. The summed E-state index contributed by atoms with van der Waals surface area (Å²) >= 11 is 6.56. The number of methoxy groups -OCH3 is 1. The summed E-state index contributed by atoms with van der Waals surface area (Å²) in [7, 11) is 1.20. The third-order valence-corrected chi connectivity index (χ3v) is 11.4. The van der Waals surface area contributed by atoms with Gasteiger partial charge in [-0.2, -0.15) is 4.39 Å². The molecule has 2 aliphatic rings. The van der Waals surface area contributed by atoms with E-state index in [0.29, 0.717) is 38.4 Å². The highest BCUT2D eigenvalue weighted by atomic mass is 35.5. The molecule has 2 aromatic heterocycles. The van der Waals surface area contributed by atoms with Gasteiger partial charge in [-0.1, -0.05) is 77.4 Å². The fraction of sp³-hybridized carbons (Fsp3) is 0.455. The second-order valence-electron chi connectivity index (χ2n) is 17.3. The fourth-order valence-corrected chi connectivity index (χ4v) is 8.09. The van der Waals surface area contributed by atoms with Gasteiger partial charge in [0.15, 0.2) is 0 Å². The number of ether oxygens (including phenoxy) is 2. The van der Waals surface area contributed by atoms with Crippen molar-refractivity contribution in [3.05, 3.63) is 77.1 Å². The Morgan fingerprint density at radius 1 is 0.968 bits per heavy atom. The molecule has 2 saturated heterocycles. The minimum absolute atomic E-state index is 0.0407. The van der Waals surface area contributed by atoms with Crippen LogP contribution in [-0.2, 0) is 14.3 Å². The number of rotatable bonds is 10. The van der Waals surface area contributed by atoms with Crippen LogP contribution in [0.5, 0.6) is 5.75 Å². The Labute approximate surface area is 367 Å². The topological polar surface area (TPSA) is 162 Å². The zero-order valence-electron chi connectivity index (χ0n) is 36.2. The number of nitrogens with one attached hydrogen (secondary N) is 3. The van der Waals surface area contributed by atoms with E-state index in [9.17, 15) is 32.3 Å². The van der Waals surface area contributed by atoms with Gasteiger partial charge < -0.3 is 39.8 Å². The normalized spacial score (nSPS) is 18.6. The summed E-state index contributed by atoms with van der Waals surface area (Å²) in [6, 6.07) is 9.66. The lowest BCUT2D eigenvalue weighted by Gasteiger charge is -2.42. The summed E-state index contributed by atoms with van der Waals surface area (Å²) in [4.78, 5) is 68.9. The van der Waals surface area contributed by atoms with Crippen molar-refractivity contribution >= 4 is 46.9 Å². The van der Waals surface area contributed by atoms with Crippen LogP contribution in [0.4, 0.5) is 33.9 Å². The number of H-pyrrole nitrogens is 1. The molecule has 2 aromatic carbocycles. The molecule has 0 saturated carbocycles. The molecule has 4 aromatic rings. The second-order valence-corrected chi connectivity index (χ2v) is 17.8. The predicted molar refractivity (Wildman–Crippen MR) is 229 cm³/mol. The van der Waals surface area contributed by atoms with Gasteiger partial charge in [-0.3, -0.25) is 14.4 Å². The monoisotopic (exact) mass is 898 g/mol. The lowest BCUT2D eigenvalue weighted by Crippen LogP contribution is -2.56. The summed E-state index contributed by atoms with van der Waals surface area (Å²) in [5, 5.41) is 5.04. The first kappa shape index (κ1) is 46.6. The number of pyridine rings is 1. The summed E-state index contributed by atoms with van der Waals surface area (Å²) in [5.74, 6) is -1.88. The van der Waals surface area contributed by atoms with E-state index in [1.54, 1.807) is 24.8 Å². The molecule has 63 heavy (non-hydrogen) atoms. The standard InChI is InChI=1S/C44H51ClF4N8O6/c1-23(2)35(53-42(61)62-8)40(59)57-21-24(3)17-32(57)38-52-36(37(46)54-38)27-11-9-26(10-12-27)29-18-30(45)31(19-33(29)63-44(47,48)49)51-39(58)28-13-14-34(50-20-28)56-16-15-55(22-25(56)4)41(60)43(5,6)7/h9-14,18-20,23-25,32,35H,15-17,21-22H2,1-8H3,(H,51,58)(H,52,54)(H,53,61)/t24-,25+,32-,35-/m0/s1. The average Bonchev–Trinajstić information content (AvgIpc) is 3.81. The molecule has 0 unspecified atom stereocenters. The number of piperazine rings is 1. The molecular weight excluding hydrogens is 848 g/mol. The molecule has 3 N–H and O–H groups in total. The number of amides is 4. The Kier molecular flexibility index (Phi) is 13.6. The number of alkyl halides is 3. The van der Waals surface area contributed by atoms with Gasteiger partial charge in [-0.15, -0.1) is 13.2 Å². The van der Waals surface area contributed by atoms with Crippen LogP contribution in [0.15, 0.2) is 54.7 Å². The van der Waals surface area contributed by atoms with E-state index in [1.807, 2.05) is 44.4 Å². The number of carbonyl (C=O) groups excluding carboxylic acids is 4. The molecular formula is C44H51ClF4N8O6. The maximum atomic E-state index is 15.6. The Hall–Kier alpha value is -5.91. The third kappa shape index (κ3) is 10.7. The van der Waals surface area contributed by atoms with E-state index in [1.165, 1.54) is 49.7 Å². The summed E-state index contributed by atoms with van der Waals surface area (Å²) in [6.45, 7) is 15.0. The van der Waals surface area contributed by atoms with Crippen molar-refractivity contribution in [3.8, 4) is 28.1 Å². The van der Waals surface area contributed by atoms with Gasteiger partial charge >= 0.3 is 12.5 Å². The highest BCUT2D eigenvalue weighted by Crippen LogP contribution is 2.41. The van der Waals surface area contributed by atoms with E-state index in [-0.39, 0.29) is 74.2 Å². The van der Waals surface area contributed by atoms with E-state index < -0.39 is 47.6 Å². The molecule has 14 nitrogen and oxygen atoms in total. The summed E-state index contributed by atoms with van der Waals surface area (Å²) in [5.41, 5.74) is -0.168. The maximum absolute atomic E-state index is 15.6. The van der Waals surface area contributed by atoms with Crippen molar-refractivity contribution < 1.29 is 46.2 Å². The molecule has 0 aliphatic carbocycles. The van der Waals surface area contributed by atoms with Gasteiger partial charge in [0.25, 0.3) is 5.91 Å². The SMILES string of the molecule is COC(=O)N[C@H](C(=O)N1C[C@@H](C)C[C@H]1c1nc(-c2ccc(-c3cc(Cl)c(NC(=O)c4ccc(N5CCN(C(=O)C(C)(C)C)C[C@H]5C)nc4)cc3OC(F)(F)F)cc2)c(F)[nH]1)C(C)C. The molecule has 338 valence electrons. The van der Waals surface area contributed by atoms with Crippen molar-refractivity contribution in [3.63, 3.8) is 0 Å². The predicted octanol–water partition coefficient (Wildman–Crippen LogP) is 8.46. The molecule has 6 rings (SSSR count). The number of alkyl carbamates (subject to hydrolysis) is 1. The number of aromatic amines is 1. The lowest BCUT2D eigenvalue weighted by atomic mass is 9.94. The number of likely N-dealkylation sites (tertiary alicyclic amines) is 1. The number of imidazole rings is 1. The summed E-state index contributed by atoms with van der Waals surface area (Å²) in [6.07, 6.45) is -4.05. The number of carbonyl (C=O) groups is 4. The van der Waals surface area contributed by atoms with Gasteiger partial charge in [-0.25, -0.2) is 14.8 Å². The second kappa shape index (κ2) is 18.4. The first-order chi connectivity index (χ1) is 29.5. The van der Waals surface area contributed by atoms with Crippen molar-refractivity contribution in [2.45, 2.75) is 79.4 Å². The van der Waals surface area contributed by atoms with Gasteiger partial charge in [0.05, 0.1) is 29.4 Å². The summed E-state index contributed by atoms with van der Waals surface area (Å²) < 4.78 is 66.0. The molecule has 2 aliphatic heterocycles. The fourth-order valence-electron chi connectivity index (χ4n) is 7.88. The Morgan fingerprint density at radius 3 is 2.24 bits per heavy atom. The number of nitrogens with zero attached hydrogens (tertiary/aromatic N) is 5. The zero-order chi connectivity index (χ0) is 46.1. The van der Waals surface area contributed by atoms with Gasteiger partial charge in [0.2, 0.25) is 17.8 Å². The number of aromatic nitrogens is 3. The number of hydrogen-bond donors (Lipinski definition) is 3. The van der Waals surface area contributed by atoms with Crippen LogP contribution in [0.1, 0.15) is 77.1 Å². The van der Waals surface area contributed by atoms with Crippen LogP contribution < -0.4 is 20.3 Å². The van der Waals surface area contributed by atoms with Crippen LogP contribution in [0.3, 0.4) is 0 Å². The minimum atomic E-state index is -5.11. The van der Waals surface area contributed by atoms with Gasteiger partial charge in [0, 0.05) is 61.0 Å². The van der Waals surface area contributed by atoms with Crippen LogP contribution in [-0.4, -0.2) is 100 Å². The molecule has 0 radical (unpaired) electrons. The van der Waals surface area contributed by atoms with E-state index in [4.69, 9.17) is 16.3 Å². The zero-order valence-corrected chi connectivity index (χ0v) is 36.9. The van der Waals surface area contributed by atoms with Crippen LogP contribution >= 0.6 is 11.6 Å². The first-order valence-electron chi connectivity index (χ1n) is 20.5. The molecule has 0 spiro atoms. The number of halogens is 5. The quantitative estimate of drug-likeness (QED) is 0.133. The van der Waals surface area contributed by atoms with Crippen LogP contribution in [0, 0.1) is 23.2 Å². The van der Waals surface area contributed by atoms with E-state index >= 15 is 4.39 Å². The Bertz CT molecular complexity index is 2330. The molecule has 4 amide bonds. The number of anilines is 2. The van der Waals surface area contributed by atoms with Crippen molar-refractivity contribution in [2.75, 3.05) is 43.5 Å². The lowest BCUT2D eigenvalue weighted by molar-refractivity contribution is -0.274. The van der Waals surface area contributed by atoms with E-state index in [0.717, 1.165) is 6.07 Å². The minimum Gasteiger partial charge on any atom is -0.453 e. The average molecular weight is 899 g/mol. The van der Waals surface area contributed by atoms with Crippen molar-refractivity contribution in [1.82, 2.24) is 30.1 Å². The molecule has 19 heteroatoms. The molecule has 4 heterocycles. The highest BCUT2D eigenvalue weighted by Gasteiger charge is 2.41. The van der Waals surface area contributed by atoms with Crippen LogP contribution in [0.2, 0.25) is 5.02 Å². The van der Waals surface area contributed by atoms with Crippen molar-refractivity contribution in [1.29, 1.82) is 0 Å². The van der Waals surface area contributed by atoms with Gasteiger partial charge in [0.1, 0.15) is 29.1 Å². The molecule has 2 fully saturated rings. The number of hydrogen-bond acceptors (Lipinski definition) is 9. The Morgan fingerprint density at radius 2 is 1.65 bits per heavy atom. The van der Waals surface area contributed by atoms with E-state index in [2.05, 4.69) is 30.3 Å². The molecule has 0 bridgehead atoms. The Balaban J connectivity index is 1.19.